The van der Waals surface area contributed by atoms with Crippen molar-refractivity contribution < 1.29 is 9.32 Å². The van der Waals surface area contributed by atoms with Gasteiger partial charge in [-0.1, -0.05) is 17.0 Å². The number of pyridine rings is 1. The van der Waals surface area contributed by atoms with Crippen molar-refractivity contribution >= 4 is 11.9 Å². The molecule has 7 nitrogen and oxygen atoms in total. The van der Waals surface area contributed by atoms with E-state index in [2.05, 4.69) is 32.3 Å². The van der Waals surface area contributed by atoms with E-state index in [9.17, 15) is 4.79 Å². The maximum Gasteiger partial charge on any atom is 0.328 e. The fourth-order valence-electron chi connectivity index (χ4n) is 1.35. The molecule has 0 fully saturated rings. The summed E-state index contributed by atoms with van der Waals surface area (Å²) in [5.41, 5.74) is 6.16. The van der Waals surface area contributed by atoms with Crippen LogP contribution >= 0.6 is 0 Å². The molecule has 0 atom stereocenters. The lowest BCUT2D eigenvalue weighted by Gasteiger charge is -2.02. The van der Waals surface area contributed by atoms with Gasteiger partial charge in [0, 0.05) is 12.4 Å². The lowest BCUT2D eigenvalue weighted by atomic mass is 10.1. The molecular weight excluding hydrogens is 246 g/mol. The van der Waals surface area contributed by atoms with E-state index in [0.29, 0.717) is 17.0 Å². The van der Waals surface area contributed by atoms with Crippen LogP contribution in [0.15, 0.2) is 23.0 Å². The average Bonchev–Trinajstić information content (AvgIpc) is 2.82. The first-order valence-electron chi connectivity index (χ1n) is 5.45. The van der Waals surface area contributed by atoms with Gasteiger partial charge in [0.05, 0.1) is 17.7 Å². The summed E-state index contributed by atoms with van der Waals surface area (Å²) in [6, 6.07) is 1.59. The van der Waals surface area contributed by atoms with Crippen molar-refractivity contribution in [2.75, 3.05) is 11.9 Å². The highest BCUT2D eigenvalue weighted by Gasteiger charge is 2.13. The summed E-state index contributed by atoms with van der Waals surface area (Å²) in [4.78, 5) is 19.8. The molecule has 0 aromatic carbocycles. The van der Waals surface area contributed by atoms with Crippen molar-refractivity contribution in [3.8, 4) is 11.8 Å². The van der Waals surface area contributed by atoms with Crippen molar-refractivity contribution in [3.05, 3.63) is 35.4 Å². The molecule has 0 radical (unpaired) electrons. The third-order valence-corrected chi connectivity index (χ3v) is 2.14. The van der Waals surface area contributed by atoms with E-state index in [1.54, 1.807) is 13.0 Å². The zero-order valence-electron chi connectivity index (χ0n) is 10.2. The zero-order valence-corrected chi connectivity index (χ0v) is 10.2. The Kier molecular flexibility index (Phi) is 3.85. The third-order valence-electron chi connectivity index (χ3n) is 2.14. The summed E-state index contributed by atoms with van der Waals surface area (Å²) in [7, 11) is 0. The van der Waals surface area contributed by atoms with E-state index < -0.39 is 5.91 Å². The van der Waals surface area contributed by atoms with Gasteiger partial charge in [-0.2, -0.15) is 4.98 Å². The summed E-state index contributed by atoms with van der Waals surface area (Å²) in [5, 5.41) is 6.07. The molecule has 1 amide bonds. The van der Waals surface area contributed by atoms with E-state index in [0.717, 1.165) is 0 Å². The first-order valence-corrected chi connectivity index (χ1v) is 5.45. The van der Waals surface area contributed by atoms with Crippen LogP contribution in [0.2, 0.25) is 0 Å². The molecule has 0 spiro atoms. The SMILES string of the molecule is Cc1noc(NC(=O)c2ccncc2C#CCN)n1. The van der Waals surface area contributed by atoms with Crippen LogP contribution in [0, 0.1) is 18.8 Å². The first kappa shape index (κ1) is 12.7. The minimum atomic E-state index is -0.396. The molecule has 0 unspecified atom stereocenters. The van der Waals surface area contributed by atoms with Crippen LogP contribution in [0.5, 0.6) is 0 Å². The highest BCUT2D eigenvalue weighted by Crippen LogP contribution is 2.09. The molecule has 0 aliphatic carbocycles. The molecule has 19 heavy (non-hydrogen) atoms. The van der Waals surface area contributed by atoms with Crippen LogP contribution in [-0.2, 0) is 0 Å². The Morgan fingerprint density at radius 1 is 1.58 bits per heavy atom. The maximum absolute atomic E-state index is 12.0. The number of aromatic nitrogens is 3. The summed E-state index contributed by atoms with van der Waals surface area (Å²) in [6.07, 6.45) is 3.00. The second kappa shape index (κ2) is 5.75. The number of carbonyl (C=O) groups is 1. The molecule has 2 aromatic rings. The van der Waals surface area contributed by atoms with Crippen molar-refractivity contribution in [1.82, 2.24) is 15.1 Å². The average molecular weight is 257 g/mol. The minimum Gasteiger partial charge on any atom is -0.320 e. The number of hydrogen-bond acceptors (Lipinski definition) is 6. The molecule has 0 saturated carbocycles. The number of hydrogen-bond donors (Lipinski definition) is 2. The summed E-state index contributed by atoms with van der Waals surface area (Å²) in [5.74, 6) is 5.50. The Bertz CT molecular complexity index is 653. The van der Waals surface area contributed by atoms with Gasteiger partial charge in [0.1, 0.15) is 0 Å². The summed E-state index contributed by atoms with van der Waals surface area (Å²) < 4.78 is 4.81. The Balaban J connectivity index is 2.23. The fourth-order valence-corrected chi connectivity index (χ4v) is 1.35. The van der Waals surface area contributed by atoms with Crippen molar-refractivity contribution in [1.29, 1.82) is 0 Å². The van der Waals surface area contributed by atoms with Gasteiger partial charge in [0.25, 0.3) is 5.91 Å². The zero-order chi connectivity index (χ0) is 13.7. The lowest BCUT2D eigenvalue weighted by molar-refractivity contribution is 0.102. The molecule has 3 N–H and O–H groups in total. The molecular formula is C12H11N5O2. The number of nitrogens with two attached hydrogens (primary N) is 1. The van der Waals surface area contributed by atoms with Crippen LogP contribution < -0.4 is 11.1 Å². The molecule has 0 aliphatic heterocycles. The largest absolute Gasteiger partial charge is 0.328 e. The van der Waals surface area contributed by atoms with E-state index in [4.69, 9.17) is 10.3 Å². The fraction of sp³-hybridized carbons (Fsp3) is 0.167. The van der Waals surface area contributed by atoms with Gasteiger partial charge in [-0.15, -0.1) is 0 Å². The van der Waals surface area contributed by atoms with Crippen molar-refractivity contribution in [2.45, 2.75) is 6.92 Å². The van der Waals surface area contributed by atoms with Gasteiger partial charge in [-0.05, 0) is 13.0 Å². The summed E-state index contributed by atoms with van der Waals surface area (Å²) in [6.45, 7) is 1.86. The molecule has 0 aliphatic rings. The van der Waals surface area contributed by atoms with Crippen molar-refractivity contribution in [2.24, 2.45) is 5.73 Å². The van der Waals surface area contributed by atoms with Gasteiger partial charge < -0.3 is 10.3 Å². The van der Waals surface area contributed by atoms with Crippen LogP contribution in [0.1, 0.15) is 21.7 Å². The van der Waals surface area contributed by atoms with Crippen LogP contribution in [0.3, 0.4) is 0 Å². The number of anilines is 1. The minimum absolute atomic E-state index is 0.0389. The molecule has 7 heteroatoms. The first-order chi connectivity index (χ1) is 9.20. The quantitative estimate of drug-likeness (QED) is 0.751. The molecule has 2 rings (SSSR count). The highest BCUT2D eigenvalue weighted by molar-refractivity contribution is 6.04. The van der Waals surface area contributed by atoms with E-state index in [1.807, 2.05) is 0 Å². The number of nitrogens with one attached hydrogen (secondary N) is 1. The molecule has 96 valence electrons. The van der Waals surface area contributed by atoms with Crippen LogP contribution in [-0.4, -0.2) is 27.6 Å². The van der Waals surface area contributed by atoms with Gasteiger partial charge in [-0.25, -0.2) is 0 Å². The Morgan fingerprint density at radius 3 is 3.11 bits per heavy atom. The number of nitrogens with zero attached hydrogens (tertiary/aromatic N) is 3. The third kappa shape index (κ3) is 3.14. The highest BCUT2D eigenvalue weighted by atomic mass is 16.5. The van der Waals surface area contributed by atoms with E-state index >= 15 is 0 Å². The molecule has 2 aromatic heterocycles. The van der Waals surface area contributed by atoms with E-state index in [-0.39, 0.29) is 12.6 Å². The lowest BCUT2D eigenvalue weighted by Crippen LogP contribution is -2.14. The van der Waals surface area contributed by atoms with Gasteiger partial charge in [0.2, 0.25) is 0 Å². The van der Waals surface area contributed by atoms with Gasteiger partial charge in [0.15, 0.2) is 5.82 Å². The number of carbonyl (C=O) groups excluding carboxylic acids is 1. The predicted molar refractivity (Wildman–Crippen MR) is 67.2 cm³/mol. The predicted octanol–water partition coefficient (Wildman–Crippen LogP) is 0.336. The van der Waals surface area contributed by atoms with Crippen molar-refractivity contribution in [3.63, 3.8) is 0 Å². The Morgan fingerprint density at radius 2 is 2.42 bits per heavy atom. The normalized spacial score (nSPS) is 9.58. The Labute approximate surface area is 109 Å². The van der Waals surface area contributed by atoms with Crippen LogP contribution in [0.25, 0.3) is 0 Å². The molecule has 0 saturated heterocycles. The van der Waals surface area contributed by atoms with Gasteiger partial charge >= 0.3 is 6.01 Å². The summed E-state index contributed by atoms with van der Waals surface area (Å²) >= 11 is 0. The Hall–Kier alpha value is -2.72. The maximum atomic E-state index is 12.0. The monoisotopic (exact) mass is 257 g/mol. The van der Waals surface area contributed by atoms with E-state index in [1.165, 1.54) is 12.4 Å². The number of rotatable bonds is 2. The second-order valence-electron chi connectivity index (χ2n) is 3.53. The standard InChI is InChI=1S/C12H11N5O2/c1-8-15-12(19-17-8)16-11(18)10-4-6-14-7-9(10)3-2-5-13/h4,6-7H,5,13H2,1H3,(H,15,16,17,18). The topological polar surface area (TPSA) is 107 Å². The van der Waals surface area contributed by atoms with Gasteiger partial charge in [-0.3, -0.25) is 15.1 Å². The molecule has 0 bridgehead atoms. The number of amides is 1. The van der Waals surface area contributed by atoms with Crippen LogP contribution in [0.4, 0.5) is 6.01 Å². The molecule has 2 heterocycles. The smallest absolute Gasteiger partial charge is 0.320 e. The number of aryl methyl sites for hydroxylation is 1. The second-order valence-corrected chi connectivity index (χ2v) is 3.53.